The maximum Gasteiger partial charge on any atom is 0.230 e. The lowest BCUT2D eigenvalue weighted by Crippen LogP contribution is -2.21. The van der Waals surface area contributed by atoms with E-state index < -0.39 is 0 Å². The Kier molecular flexibility index (Phi) is 4.31. The summed E-state index contributed by atoms with van der Waals surface area (Å²) in [5.41, 5.74) is 2.44. The third-order valence-corrected chi connectivity index (χ3v) is 4.70. The first-order valence-corrected chi connectivity index (χ1v) is 8.23. The van der Waals surface area contributed by atoms with Gasteiger partial charge in [0.05, 0.1) is 0 Å². The standard InChI is InChI=1S/C15H17ClN4S/c1-10-5-6-11(2)12(9-10)21-15-18-13(16)17-14(19-15)20-7-3-4-8-20/h5-6,9H,3-4,7-8H2,1-2H3. The third-order valence-electron chi connectivity index (χ3n) is 3.51. The number of benzene rings is 1. The first kappa shape index (κ1) is 14.6. The highest BCUT2D eigenvalue weighted by Gasteiger charge is 2.17. The molecule has 4 nitrogen and oxygen atoms in total. The van der Waals surface area contributed by atoms with Gasteiger partial charge in [-0.25, -0.2) is 0 Å². The summed E-state index contributed by atoms with van der Waals surface area (Å²) in [6.45, 7) is 6.16. The smallest absolute Gasteiger partial charge is 0.230 e. The van der Waals surface area contributed by atoms with Crippen molar-refractivity contribution < 1.29 is 0 Å². The average Bonchev–Trinajstić information content (AvgIpc) is 2.96. The Morgan fingerprint density at radius 1 is 1.10 bits per heavy atom. The van der Waals surface area contributed by atoms with Gasteiger partial charge in [-0.05, 0) is 67.2 Å². The molecule has 0 aliphatic carbocycles. The lowest BCUT2D eigenvalue weighted by molar-refractivity contribution is 0.826. The van der Waals surface area contributed by atoms with E-state index in [-0.39, 0.29) is 5.28 Å². The molecule has 0 spiro atoms. The predicted octanol–water partition coefficient (Wildman–Crippen LogP) is 3.89. The Labute approximate surface area is 134 Å². The van der Waals surface area contributed by atoms with E-state index in [4.69, 9.17) is 11.6 Å². The second-order valence-electron chi connectivity index (χ2n) is 5.25. The van der Waals surface area contributed by atoms with Crippen LogP contribution in [0.2, 0.25) is 5.28 Å². The lowest BCUT2D eigenvalue weighted by atomic mass is 10.2. The average molecular weight is 321 g/mol. The number of hydrogen-bond donors (Lipinski definition) is 0. The van der Waals surface area contributed by atoms with Gasteiger partial charge in [-0.1, -0.05) is 12.1 Å². The quantitative estimate of drug-likeness (QED) is 0.858. The molecule has 2 aromatic rings. The van der Waals surface area contributed by atoms with Gasteiger partial charge in [0.1, 0.15) is 0 Å². The van der Waals surface area contributed by atoms with Crippen LogP contribution in [0.1, 0.15) is 24.0 Å². The molecule has 1 aliphatic heterocycles. The van der Waals surface area contributed by atoms with Crippen molar-refractivity contribution in [1.29, 1.82) is 0 Å². The first-order chi connectivity index (χ1) is 10.1. The number of aromatic nitrogens is 3. The summed E-state index contributed by atoms with van der Waals surface area (Å²) in [5, 5.41) is 0.922. The van der Waals surface area contributed by atoms with Gasteiger partial charge in [0, 0.05) is 18.0 Å². The summed E-state index contributed by atoms with van der Waals surface area (Å²) in [5.74, 6) is 0.695. The second kappa shape index (κ2) is 6.20. The summed E-state index contributed by atoms with van der Waals surface area (Å²) in [4.78, 5) is 16.4. The molecular formula is C15H17ClN4S. The van der Waals surface area contributed by atoms with E-state index in [0.29, 0.717) is 11.1 Å². The van der Waals surface area contributed by atoms with Crippen LogP contribution in [0.4, 0.5) is 5.95 Å². The molecule has 0 amide bonds. The van der Waals surface area contributed by atoms with Gasteiger partial charge >= 0.3 is 0 Å². The Bertz CT molecular complexity index is 656. The van der Waals surface area contributed by atoms with Crippen molar-refractivity contribution in [2.45, 2.75) is 36.7 Å². The van der Waals surface area contributed by atoms with Crippen LogP contribution >= 0.6 is 23.4 Å². The fraction of sp³-hybridized carbons (Fsp3) is 0.400. The number of aryl methyl sites for hydroxylation is 2. The van der Waals surface area contributed by atoms with E-state index >= 15 is 0 Å². The molecule has 0 radical (unpaired) electrons. The number of rotatable bonds is 3. The summed E-state index contributed by atoms with van der Waals surface area (Å²) >= 11 is 7.61. The van der Waals surface area contributed by atoms with Crippen LogP contribution in [0.25, 0.3) is 0 Å². The van der Waals surface area contributed by atoms with Crippen LogP contribution in [0.15, 0.2) is 28.3 Å². The first-order valence-electron chi connectivity index (χ1n) is 7.03. The van der Waals surface area contributed by atoms with Gasteiger partial charge < -0.3 is 4.90 Å². The number of nitrogens with zero attached hydrogens (tertiary/aromatic N) is 4. The second-order valence-corrected chi connectivity index (χ2v) is 6.60. The predicted molar refractivity (Wildman–Crippen MR) is 86.3 cm³/mol. The van der Waals surface area contributed by atoms with E-state index in [9.17, 15) is 0 Å². The minimum atomic E-state index is 0.264. The molecule has 1 fully saturated rings. The van der Waals surface area contributed by atoms with Crippen LogP contribution in [-0.4, -0.2) is 28.0 Å². The molecular weight excluding hydrogens is 304 g/mol. The Morgan fingerprint density at radius 2 is 1.86 bits per heavy atom. The van der Waals surface area contributed by atoms with Crippen LogP contribution in [0.5, 0.6) is 0 Å². The van der Waals surface area contributed by atoms with Crippen LogP contribution in [0, 0.1) is 13.8 Å². The van der Waals surface area contributed by atoms with Gasteiger partial charge in [0.15, 0.2) is 5.16 Å². The normalized spacial score (nSPS) is 14.7. The topological polar surface area (TPSA) is 41.9 Å². The number of anilines is 1. The van der Waals surface area contributed by atoms with Gasteiger partial charge in [-0.15, -0.1) is 0 Å². The molecule has 6 heteroatoms. The van der Waals surface area contributed by atoms with E-state index in [1.54, 1.807) is 11.8 Å². The molecule has 1 aromatic heterocycles. The van der Waals surface area contributed by atoms with Gasteiger partial charge in [-0.3, -0.25) is 0 Å². The van der Waals surface area contributed by atoms with Crippen molar-refractivity contribution in [1.82, 2.24) is 15.0 Å². The highest BCUT2D eigenvalue weighted by Crippen LogP contribution is 2.30. The fourth-order valence-corrected chi connectivity index (χ4v) is 3.48. The van der Waals surface area contributed by atoms with Crippen molar-refractivity contribution in [3.8, 4) is 0 Å². The molecule has 1 saturated heterocycles. The molecule has 0 unspecified atom stereocenters. The third kappa shape index (κ3) is 3.47. The SMILES string of the molecule is Cc1ccc(C)c(Sc2nc(Cl)nc(N3CCCC3)n2)c1. The summed E-state index contributed by atoms with van der Waals surface area (Å²) < 4.78 is 0. The molecule has 0 atom stereocenters. The van der Waals surface area contributed by atoms with Crippen molar-refractivity contribution in [3.63, 3.8) is 0 Å². The Hall–Kier alpha value is -1.33. The van der Waals surface area contributed by atoms with E-state index in [1.165, 1.54) is 24.0 Å². The molecule has 0 N–H and O–H groups in total. The summed E-state index contributed by atoms with van der Waals surface area (Å²) in [6, 6.07) is 6.37. The highest BCUT2D eigenvalue weighted by molar-refractivity contribution is 7.99. The van der Waals surface area contributed by atoms with Gasteiger partial charge in [-0.2, -0.15) is 15.0 Å². The van der Waals surface area contributed by atoms with Crippen LogP contribution < -0.4 is 4.90 Å². The van der Waals surface area contributed by atoms with Crippen molar-refractivity contribution >= 4 is 29.3 Å². The van der Waals surface area contributed by atoms with Crippen LogP contribution in [0.3, 0.4) is 0 Å². The highest BCUT2D eigenvalue weighted by atomic mass is 35.5. The molecule has 21 heavy (non-hydrogen) atoms. The largest absolute Gasteiger partial charge is 0.341 e. The fourth-order valence-electron chi connectivity index (χ4n) is 2.34. The summed E-state index contributed by atoms with van der Waals surface area (Å²) in [6.07, 6.45) is 2.37. The molecule has 1 aromatic carbocycles. The molecule has 3 rings (SSSR count). The lowest BCUT2D eigenvalue weighted by Gasteiger charge is -2.15. The minimum absolute atomic E-state index is 0.264. The van der Waals surface area contributed by atoms with E-state index in [0.717, 1.165) is 18.0 Å². The zero-order chi connectivity index (χ0) is 14.8. The maximum absolute atomic E-state index is 6.06. The number of hydrogen-bond acceptors (Lipinski definition) is 5. The maximum atomic E-state index is 6.06. The zero-order valence-electron chi connectivity index (χ0n) is 12.1. The van der Waals surface area contributed by atoms with Gasteiger partial charge in [0.25, 0.3) is 0 Å². The van der Waals surface area contributed by atoms with Gasteiger partial charge in [0.2, 0.25) is 11.2 Å². The Morgan fingerprint density at radius 3 is 2.62 bits per heavy atom. The molecule has 2 heterocycles. The number of halogens is 1. The zero-order valence-corrected chi connectivity index (χ0v) is 13.7. The molecule has 1 aliphatic rings. The van der Waals surface area contributed by atoms with Crippen LogP contribution in [-0.2, 0) is 0 Å². The minimum Gasteiger partial charge on any atom is -0.341 e. The van der Waals surface area contributed by atoms with E-state index in [2.05, 4.69) is 51.9 Å². The monoisotopic (exact) mass is 320 g/mol. The van der Waals surface area contributed by atoms with E-state index in [1.807, 2.05) is 0 Å². The van der Waals surface area contributed by atoms with Crippen molar-refractivity contribution in [3.05, 3.63) is 34.6 Å². The molecule has 110 valence electrons. The van der Waals surface area contributed by atoms with Crippen molar-refractivity contribution in [2.75, 3.05) is 18.0 Å². The Balaban J connectivity index is 1.89. The molecule has 0 saturated carbocycles. The molecule has 0 bridgehead atoms. The summed E-state index contributed by atoms with van der Waals surface area (Å²) in [7, 11) is 0. The van der Waals surface area contributed by atoms with Crippen molar-refractivity contribution in [2.24, 2.45) is 0 Å².